The van der Waals surface area contributed by atoms with Gasteiger partial charge in [-0.1, -0.05) is 0 Å². The number of hydrogen-bond donors (Lipinski definition) is 3. The van der Waals surface area contributed by atoms with Gasteiger partial charge in [0.05, 0.1) is 17.6 Å². The molecular weight excluding hydrogens is 366 g/mol. The molecule has 1 heterocycles. The van der Waals surface area contributed by atoms with E-state index in [0.717, 1.165) is 36.0 Å². The standard InChI is InChI=1S/C21H21N7O/c1-12-6-14(4-3-5-22)7-13(2)16(12)29-18-15(24)17(25)26-19(27-18)28-21-8-20(9-21,10-21)11-23/h3-4,6-7H,8-10,24H2,1-2H3,(H3,25,26,27,28)/b4-3+. The number of aryl methyl sites for hydroxylation is 2. The summed E-state index contributed by atoms with van der Waals surface area (Å²) in [6.07, 6.45) is 5.53. The molecule has 8 nitrogen and oxygen atoms in total. The quantitative estimate of drug-likeness (QED) is 0.661. The van der Waals surface area contributed by atoms with Crippen molar-refractivity contribution in [2.24, 2.45) is 5.41 Å². The highest BCUT2D eigenvalue weighted by atomic mass is 16.5. The van der Waals surface area contributed by atoms with E-state index >= 15 is 0 Å². The molecular formula is C21H21N7O. The first-order valence-corrected chi connectivity index (χ1v) is 9.26. The molecule has 0 radical (unpaired) electrons. The Morgan fingerprint density at radius 1 is 1.14 bits per heavy atom. The lowest BCUT2D eigenvalue weighted by Crippen LogP contribution is -2.70. The van der Waals surface area contributed by atoms with Gasteiger partial charge in [-0.15, -0.1) is 0 Å². The van der Waals surface area contributed by atoms with Gasteiger partial charge in [0.1, 0.15) is 11.4 Å². The lowest BCUT2D eigenvalue weighted by atomic mass is 9.40. The highest BCUT2D eigenvalue weighted by Gasteiger charge is 2.69. The smallest absolute Gasteiger partial charge is 0.249 e. The molecule has 2 bridgehead atoms. The van der Waals surface area contributed by atoms with Gasteiger partial charge in [0.25, 0.3) is 0 Å². The Labute approximate surface area is 168 Å². The van der Waals surface area contributed by atoms with Crippen LogP contribution >= 0.6 is 0 Å². The van der Waals surface area contributed by atoms with Gasteiger partial charge in [0, 0.05) is 11.6 Å². The number of benzene rings is 1. The summed E-state index contributed by atoms with van der Waals surface area (Å²) in [4.78, 5) is 8.67. The van der Waals surface area contributed by atoms with E-state index in [2.05, 4.69) is 21.4 Å². The number of anilines is 3. The maximum absolute atomic E-state index is 9.19. The predicted molar refractivity (Wildman–Crippen MR) is 110 cm³/mol. The van der Waals surface area contributed by atoms with E-state index in [1.807, 2.05) is 32.0 Å². The average molecular weight is 387 g/mol. The Balaban J connectivity index is 1.59. The molecule has 0 atom stereocenters. The molecule has 0 saturated heterocycles. The fourth-order valence-electron chi connectivity index (χ4n) is 4.35. The van der Waals surface area contributed by atoms with Crippen LogP contribution in [0.3, 0.4) is 0 Å². The Morgan fingerprint density at radius 3 is 2.38 bits per heavy atom. The van der Waals surface area contributed by atoms with Crippen molar-refractivity contribution >= 4 is 23.5 Å². The van der Waals surface area contributed by atoms with Crippen LogP contribution in [0.2, 0.25) is 0 Å². The molecule has 0 unspecified atom stereocenters. The van der Waals surface area contributed by atoms with Crippen LogP contribution in [0, 0.1) is 41.9 Å². The second kappa shape index (κ2) is 6.39. The molecule has 29 heavy (non-hydrogen) atoms. The third-order valence-corrected chi connectivity index (χ3v) is 5.62. The van der Waals surface area contributed by atoms with Gasteiger partial charge in [0.15, 0.2) is 5.82 Å². The lowest BCUT2D eigenvalue weighted by molar-refractivity contribution is -0.0665. The minimum absolute atomic E-state index is 0.129. The van der Waals surface area contributed by atoms with Gasteiger partial charge in [0.2, 0.25) is 11.8 Å². The van der Waals surface area contributed by atoms with Crippen LogP contribution in [0.15, 0.2) is 18.2 Å². The third-order valence-electron chi connectivity index (χ3n) is 5.62. The van der Waals surface area contributed by atoms with Crippen LogP contribution in [0.5, 0.6) is 11.6 Å². The maximum atomic E-state index is 9.19. The summed E-state index contributed by atoms with van der Waals surface area (Å²) in [6, 6.07) is 8.19. The van der Waals surface area contributed by atoms with Crippen molar-refractivity contribution in [1.29, 1.82) is 10.5 Å². The normalized spacial score (nSPS) is 24.1. The Kier molecular flexibility index (Phi) is 4.09. The van der Waals surface area contributed by atoms with Crippen molar-refractivity contribution in [3.63, 3.8) is 0 Å². The second-order valence-corrected chi connectivity index (χ2v) is 8.03. The number of nitrogen functional groups attached to an aromatic ring is 2. The van der Waals surface area contributed by atoms with Gasteiger partial charge >= 0.3 is 0 Å². The van der Waals surface area contributed by atoms with E-state index in [1.165, 1.54) is 6.08 Å². The number of aromatic nitrogens is 2. The molecule has 3 aliphatic carbocycles. The predicted octanol–water partition coefficient (Wildman–Crippen LogP) is 3.45. The SMILES string of the molecule is Cc1cc(/C=C/C#N)cc(C)c1Oc1nc(NC23CC(C#N)(C2)C3)nc(N)c1N. The number of nitrogens with zero attached hydrogens (tertiary/aromatic N) is 4. The van der Waals surface area contributed by atoms with Crippen molar-refractivity contribution in [3.05, 3.63) is 34.9 Å². The molecule has 8 heteroatoms. The summed E-state index contributed by atoms with van der Waals surface area (Å²) in [5.74, 6) is 1.31. The van der Waals surface area contributed by atoms with E-state index in [9.17, 15) is 5.26 Å². The number of rotatable bonds is 5. The van der Waals surface area contributed by atoms with Crippen LogP contribution in [0.4, 0.5) is 17.5 Å². The average Bonchev–Trinajstić information content (AvgIpc) is 2.61. The Hall–Kier alpha value is -3.78. The lowest BCUT2D eigenvalue weighted by Gasteiger charge is -2.66. The highest BCUT2D eigenvalue weighted by Crippen LogP contribution is 2.67. The van der Waals surface area contributed by atoms with E-state index in [-0.39, 0.29) is 28.3 Å². The number of nitrogens with two attached hydrogens (primary N) is 2. The van der Waals surface area contributed by atoms with Crippen molar-refractivity contribution < 1.29 is 4.74 Å². The first-order valence-electron chi connectivity index (χ1n) is 9.26. The van der Waals surface area contributed by atoms with Gasteiger partial charge < -0.3 is 21.5 Å². The number of hydrogen-bond acceptors (Lipinski definition) is 8. The molecule has 3 aliphatic rings. The fourth-order valence-corrected chi connectivity index (χ4v) is 4.35. The van der Waals surface area contributed by atoms with Gasteiger partial charge in [-0.3, -0.25) is 0 Å². The summed E-state index contributed by atoms with van der Waals surface area (Å²) in [5, 5.41) is 21.2. The molecule has 1 aromatic carbocycles. The number of nitriles is 2. The largest absolute Gasteiger partial charge is 0.436 e. The van der Waals surface area contributed by atoms with Crippen LogP contribution < -0.4 is 21.5 Å². The van der Waals surface area contributed by atoms with E-state index in [4.69, 9.17) is 21.5 Å². The van der Waals surface area contributed by atoms with E-state index in [1.54, 1.807) is 6.08 Å². The summed E-state index contributed by atoms with van der Waals surface area (Å²) >= 11 is 0. The molecule has 5 rings (SSSR count). The first-order chi connectivity index (χ1) is 13.8. The van der Waals surface area contributed by atoms with Crippen molar-refractivity contribution in [3.8, 4) is 23.8 Å². The molecule has 0 spiro atoms. The summed E-state index contributed by atoms with van der Waals surface area (Å²) in [6.45, 7) is 3.82. The highest BCUT2D eigenvalue weighted by molar-refractivity contribution is 5.68. The summed E-state index contributed by atoms with van der Waals surface area (Å²) in [7, 11) is 0. The Bertz CT molecular complexity index is 1080. The summed E-state index contributed by atoms with van der Waals surface area (Å²) < 4.78 is 6.03. The molecule has 0 amide bonds. The molecule has 2 aromatic rings. The molecule has 3 saturated carbocycles. The molecule has 5 N–H and O–H groups in total. The van der Waals surface area contributed by atoms with Gasteiger partial charge in [-0.05, 0) is 68.0 Å². The minimum Gasteiger partial charge on any atom is -0.436 e. The molecule has 3 fully saturated rings. The van der Waals surface area contributed by atoms with Crippen LogP contribution in [0.1, 0.15) is 36.0 Å². The third kappa shape index (κ3) is 3.09. The molecule has 0 aliphatic heterocycles. The van der Waals surface area contributed by atoms with Crippen LogP contribution in [-0.4, -0.2) is 15.5 Å². The summed E-state index contributed by atoms with van der Waals surface area (Å²) in [5.41, 5.74) is 14.6. The topological polar surface area (TPSA) is 147 Å². The van der Waals surface area contributed by atoms with E-state index < -0.39 is 0 Å². The van der Waals surface area contributed by atoms with Crippen LogP contribution in [0.25, 0.3) is 6.08 Å². The van der Waals surface area contributed by atoms with Crippen molar-refractivity contribution in [1.82, 2.24) is 9.97 Å². The van der Waals surface area contributed by atoms with Gasteiger partial charge in [-0.25, -0.2) is 0 Å². The number of ether oxygens (including phenoxy) is 1. The van der Waals surface area contributed by atoms with Crippen molar-refractivity contribution in [2.45, 2.75) is 38.6 Å². The second-order valence-electron chi connectivity index (χ2n) is 8.03. The van der Waals surface area contributed by atoms with Crippen LogP contribution in [-0.2, 0) is 0 Å². The van der Waals surface area contributed by atoms with Gasteiger partial charge in [-0.2, -0.15) is 20.5 Å². The zero-order valence-electron chi connectivity index (χ0n) is 16.3. The number of allylic oxidation sites excluding steroid dienone is 1. The zero-order valence-corrected chi connectivity index (χ0v) is 16.3. The molecule has 146 valence electrons. The first kappa shape index (κ1) is 18.6. The zero-order chi connectivity index (χ0) is 20.8. The molecule has 1 aromatic heterocycles. The number of nitrogens with one attached hydrogen (secondary N) is 1. The Morgan fingerprint density at radius 2 is 1.79 bits per heavy atom. The van der Waals surface area contributed by atoms with Crippen molar-refractivity contribution in [2.75, 3.05) is 16.8 Å². The van der Waals surface area contributed by atoms with E-state index in [0.29, 0.717) is 11.7 Å². The fraction of sp³-hybridized carbons (Fsp3) is 0.333. The monoisotopic (exact) mass is 387 g/mol. The maximum Gasteiger partial charge on any atom is 0.249 e. The minimum atomic E-state index is -0.179.